The van der Waals surface area contributed by atoms with Gasteiger partial charge in [0.1, 0.15) is 0 Å². The molecule has 0 radical (unpaired) electrons. The van der Waals surface area contributed by atoms with Crippen LogP contribution in [0.5, 0.6) is 0 Å². The van der Waals surface area contributed by atoms with Crippen molar-refractivity contribution in [3.05, 3.63) is 0 Å². The van der Waals surface area contributed by atoms with Gasteiger partial charge < -0.3 is 11.1 Å². The van der Waals surface area contributed by atoms with Crippen LogP contribution < -0.4 is 11.1 Å². The number of nitrogens with one attached hydrogen (secondary N) is 1. The minimum absolute atomic E-state index is 0.0476. The fraction of sp³-hybridized carbons (Fsp3) is 0.900. The largest absolute Gasteiger partial charge is 0.351 e. The molecule has 1 rings (SSSR count). The summed E-state index contributed by atoms with van der Waals surface area (Å²) in [5.74, 6) is 0.0807. The van der Waals surface area contributed by atoms with Crippen LogP contribution in [0.4, 0.5) is 0 Å². The topological polar surface area (TPSA) is 89.3 Å². The molecule has 94 valence electrons. The Hall–Kier alpha value is -0.620. The molecule has 3 atom stereocenters. The molecular formula is C10H20N2O3S. The van der Waals surface area contributed by atoms with E-state index < -0.39 is 15.9 Å². The molecule has 1 heterocycles. The number of rotatable bonds is 4. The highest BCUT2D eigenvalue weighted by Gasteiger charge is 2.30. The first-order valence-corrected chi connectivity index (χ1v) is 7.44. The highest BCUT2D eigenvalue weighted by Crippen LogP contribution is 2.12. The van der Waals surface area contributed by atoms with Crippen LogP contribution in [-0.4, -0.2) is 37.9 Å². The standard InChI is InChI=1S/C10H20N2O3S/c1-3-7(2)9(11)10(13)12-8-4-5-16(14,15)6-8/h7-9H,3-6,11H2,1-2H3,(H,12,13). The van der Waals surface area contributed by atoms with Gasteiger partial charge in [-0.3, -0.25) is 4.79 Å². The molecule has 0 saturated carbocycles. The molecule has 5 nitrogen and oxygen atoms in total. The fourth-order valence-corrected chi connectivity index (χ4v) is 3.39. The zero-order chi connectivity index (χ0) is 12.3. The SMILES string of the molecule is CCC(C)C(N)C(=O)NC1CCS(=O)(=O)C1. The van der Waals surface area contributed by atoms with Gasteiger partial charge in [0, 0.05) is 6.04 Å². The Labute approximate surface area is 96.7 Å². The van der Waals surface area contributed by atoms with Crippen LogP contribution in [0.3, 0.4) is 0 Å². The average Bonchev–Trinajstić information content (AvgIpc) is 2.55. The molecule has 6 heteroatoms. The molecule has 1 aliphatic heterocycles. The Kier molecular flexibility index (Phi) is 4.32. The number of hydrogen-bond donors (Lipinski definition) is 2. The van der Waals surface area contributed by atoms with Gasteiger partial charge in [-0.2, -0.15) is 0 Å². The van der Waals surface area contributed by atoms with Gasteiger partial charge in [-0.1, -0.05) is 20.3 Å². The molecule has 0 spiro atoms. The Morgan fingerprint density at radius 2 is 2.19 bits per heavy atom. The lowest BCUT2D eigenvalue weighted by Gasteiger charge is -2.20. The number of hydrogen-bond acceptors (Lipinski definition) is 4. The van der Waals surface area contributed by atoms with Crippen LogP contribution in [-0.2, 0) is 14.6 Å². The summed E-state index contributed by atoms with van der Waals surface area (Å²) in [5.41, 5.74) is 5.76. The first-order chi connectivity index (χ1) is 7.35. The number of carbonyl (C=O) groups excluding carboxylic acids is 1. The third kappa shape index (κ3) is 3.45. The molecule has 1 saturated heterocycles. The quantitative estimate of drug-likeness (QED) is 0.712. The summed E-state index contributed by atoms with van der Waals surface area (Å²) in [5, 5.41) is 2.71. The number of amides is 1. The van der Waals surface area contributed by atoms with Gasteiger partial charge in [0.25, 0.3) is 0 Å². The highest BCUT2D eigenvalue weighted by molar-refractivity contribution is 7.91. The maximum Gasteiger partial charge on any atom is 0.237 e. The Bertz CT molecular complexity index is 353. The average molecular weight is 248 g/mol. The molecule has 1 aliphatic rings. The van der Waals surface area contributed by atoms with Gasteiger partial charge in [-0.05, 0) is 12.3 Å². The smallest absolute Gasteiger partial charge is 0.237 e. The van der Waals surface area contributed by atoms with E-state index in [-0.39, 0.29) is 29.4 Å². The van der Waals surface area contributed by atoms with Crippen molar-refractivity contribution in [2.24, 2.45) is 11.7 Å². The maximum absolute atomic E-state index is 11.7. The summed E-state index contributed by atoms with van der Waals surface area (Å²) < 4.78 is 22.4. The second kappa shape index (κ2) is 5.14. The Morgan fingerprint density at radius 3 is 2.62 bits per heavy atom. The van der Waals surface area contributed by atoms with E-state index in [0.29, 0.717) is 6.42 Å². The molecule has 0 bridgehead atoms. The van der Waals surface area contributed by atoms with Crippen LogP contribution >= 0.6 is 0 Å². The van der Waals surface area contributed by atoms with Gasteiger partial charge in [0.15, 0.2) is 9.84 Å². The first kappa shape index (κ1) is 13.4. The van der Waals surface area contributed by atoms with Crippen molar-refractivity contribution in [2.75, 3.05) is 11.5 Å². The van der Waals surface area contributed by atoms with E-state index in [2.05, 4.69) is 5.32 Å². The minimum Gasteiger partial charge on any atom is -0.351 e. The van der Waals surface area contributed by atoms with Crippen LogP contribution in [0.15, 0.2) is 0 Å². The van der Waals surface area contributed by atoms with Crippen molar-refractivity contribution in [3.8, 4) is 0 Å². The molecular weight excluding hydrogens is 228 g/mol. The molecule has 1 fully saturated rings. The zero-order valence-corrected chi connectivity index (χ0v) is 10.6. The van der Waals surface area contributed by atoms with Gasteiger partial charge in [-0.15, -0.1) is 0 Å². The van der Waals surface area contributed by atoms with Gasteiger partial charge in [0.2, 0.25) is 5.91 Å². The number of sulfone groups is 1. The van der Waals surface area contributed by atoms with E-state index in [4.69, 9.17) is 5.73 Å². The second-order valence-electron chi connectivity index (χ2n) is 4.52. The normalized spacial score (nSPS) is 27.3. The zero-order valence-electron chi connectivity index (χ0n) is 9.77. The van der Waals surface area contributed by atoms with E-state index in [1.165, 1.54) is 0 Å². The van der Waals surface area contributed by atoms with Gasteiger partial charge >= 0.3 is 0 Å². The van der Waals surface area contributed by atoms with E-state index in [1.54, 1.807) is 0 Å². The van der Waals surface area contributed by atoms with Crippen LogP contribution in [0.2, 0.25) is 0 Å². The lowest BCUT2D eigenvalue weighted by atomic mass is 9.99. The van der Waals surface area contributed by atoms with E-state index >= 15 is 0 Å². The summed E-state index contributed by atoms with van der Waals surface area (Å²) in [6.45, 7) is 3.88. The monoisotopic (exact) mass is 248 g/mol. The van der Waals surface area contributed by atoms with Crippen molar-refractivity contribution in [2.45, 2.75) is 38.8 Å². The van der Waals surface area contributed by atoms with Crippen molar-refractivity contribution < 1.29 is 13.2 Å². The lowest BCUT2D eigenvalue weighted by molar-refractivity contribution is -0.123. The predicted octanol–water partition coefficient (Wildman–Crippen LogP) is -0.337. The summed E-state index contributed by atoms with van der Waals surface area (Å²) in [7, 11) is -2.95. The Morgan fingerprint density at radius 1 is 1.56 bits per heavy atom. The fourth-order valence-electron chi connectivity index (χ4n) is 1.72. The van der Waals surface area contributed by atoms with Gasteiger partial charge in [-0.25, -0.2) is 8.42 Å². The van der Waals surface area contributed by atoms with E-state index in [0.717, 1.165) is 6.42 Å². The highest BCUT2D eigenvalue weighted by atomic mass is 32.2. The molecule has 0 aliphatic carbocycles. The molecule has 0 aromatic heterocycles. The molecule has 3 N–H and O–H groups in total. The molecule has 1 amide bonds. The van der Waals surface area contributed by atoms with Crippen molar-refractivity contribution in [1.82, 2.24) is 5.32 Å². The van der Waals surface area contributed by atoms with Crippen LogP contribution in [0.1, 0.15) is 26.7 Å². The molecule has 0 aromatic rings. The second-order valence-corrected chi connectivity index (χ2v) is 6.75. The van der Waals surface area contributed by atoms with Gasteiger partial charge in [0.05, 0.1) is 17.5 Å². The molecule has 3 unspecified atom stereocenters. The van der Waals surface area contributed by atoms with E-state index in [1.807, 2.05) is 13.8 Å². The van der Waals surface area contributed by atoms with E-state index in [9.17, 15) is 13.2 Å². The van der Waals surface area contributed by atoms with Crippen LogP contribution in [0, 0.1) is 5.92 Å². The van der Waals surface area contributed by atoms with Crippen molar-refractivity contribution >= 4 is 15.7 Å². The third-order valence-electron chi connectivity index (χ3n) is 3.14. The summed E-state index contributed by atoms with van der Waals surface area (Å²) in [6.07, 6.45) is 1.33. The Balaban J connectivity index is 2.47. The van der Waals surface area contributed by atoms with Crippen molar-refractivity contribution in [3.63, 3.8) is 0 Å². The minimum atomic E-state index is -2.95. The third-order valence-corrected chi connectivity index (χ3v) is 4.91. The lowest BCUT2D eigenvalue weighted by Crippen LogP contribution is -2.48. The maximum atomic E-state index is 11.7. The summed E-state index contributed by atoms with van der Waals surface area (Å²) in [6, 6.07) is -0.805. The first-order valence-electron chi connectivity index (χ1n) is 5.62. The molecule has 0 aromatic carbocycles. The predicted molar refractivity (Wildman–Crippen MR) is 62.6 cm³/mol. The number of carbonyl (C=O) groups is 1. The van der Waals surface area contributed by atoms with Crippen LogP contribution in [0.25, 0.3) is 0 Å². The summed E-state index contributed by atoms with van der Waals surface area (Å²) >= 11 is 0. The summed E-state index contributed by atoms with van der Waals surface area (Å²) in [4.78, 5) is 11.7. The number of nitrogens with two attached hydrogens (primary N) is 1. The molecule has 16 heavy (non-hydrogen) atoms. The van der Waals surface area contributed by atoms with Crippen molar-refractivity contribution in [1.29, 1.82) is 0 Å².